The standard InChI is InChI=1S/C22H33NO/c1-2-3-4-5-6-17-7-8-19-14-20(10-9-18(19)13-17)21-11-12-22(23,15-21)16-24/h5-6,9-10,14,17,21,24H,2-4,7-8,11-13,15-16,23H2,1H3/b6-5-/t17-,21-,22+/m0/s1. The molecule has 132 valence electrons. The van der Waals surface area contributed by atoms with Gasteiger partial charge < -0.3 is 10.8 Å². The van der Waals surface area contributed by atoms with Gasteiger partial charge >= 0.3 is 0 Å². The highest BCUT2D eigenvalue weighted by Gasteiger charge is 2.36. The molecular formula is C22H33NO. The van der Waals surface area contributed by atoms with E-state index in [1.54, 1.807) is 5.56 Å². The molecule has 3 rings (SSSR count). The van der Waals surface area contributed by atoms with Gasteiger partial charge in [-0.05, 0) is 73.5 Å². The number of hydrogen-bond donors (Lipinski definition) is 2. The minimum Gasteiger partial charge on any atom is -0.394 e. The quantitative estimate of drug-likeness (QED) is 0.597. The molecule has 2 aliphatic carbocycles. The second kappa shape index (κ2) is 7.84. The van der Waals surface area contributed by atoms with Gasteiger partial charge in [0.2, 0.25) is 0 Å². The maximum atomic E-state index is 9.48. The molecule has 0 saturated heterocycles. The van der Waals surface area contributed by atoms with Gasteiger partial charge in [-0.25, -0.2) is 0 Å². The Balaban J connectivity index is 1.63. The molecule has 0 spiro atoms. The number of benzene rings is 1. The summed E-state index contributed by atoms with van der Waals surface area (Å²) in [5, 5.41) is 9.48. The van der Waals surface area contributed by atoms with E-state index in [2.05, 4.69) is 37.3 Å². The molecule has 0 amide bonds. The number of unbranched alkanes of at least 4 members (excludes halogenated alkanes) is 2. The number of rotatable bonds is 6. The van der Waals surface area contributed by atoms with Crippen LogP contribution in [-0.2, 0) is 12.8 Å². The summed E-state index contributed by atoms with van der Waals surface area (Å²) in [5.41, 5.74) is 10.4. The second-order valence-electron chi connectivity index (χ2n) is 8.06. The van der Waals surface area contributed by atoms with Crippen molar-refractivity contribution in [1.82, 2.24) is 0 Å². The van der Waals surface area contributed by atoms with E-state index < -0.39 is 0 Å². The summed E-state index contributed by atoms with van der Waals surface area (Å²) >= 11 is 0. The maximum absolute atomic E-state index is 9.48. The van der Waals surface area contributed by atoms with Crippen LogP contribution in [0, 0.1) is 5.92 Å². The molecule has 0 aromatic heterocycles. The maximum Gasteiger partial charge on any atom is 0.0611 e. The van der Waals surface area contributed by atoms with Crippen LogP contribution in [0.1, 0.15) is 74.5 Å². The fourth-order valence-electron chi connectivity index (χ4n) is 4.42. The largest absolute Gasteiger partial charge is 0.394 e. The predicted octanol–water partition coefficient (Wildman–Crippen LogP) is 4.50. The van der Waals surface area contributed by atoms with Gasteiger partial charge in [0.15, 0.2) is 0 Å². The molecule has 1 fully saturated rings. The van der Waals surface area contributed by atoms with Crippen molar-refractivity contribution in [3.05, 3.63) is 47.0 Å². The summed E-state index contributed by atoms with van der Waals surface area (Å²) in [6, 6.07) is 7.10. The SMILES string of the molecule is CCCC/C=C\[C@H]1CCc2cc([C@H]3CC[C@](N)(CO)C3)ccc2C1. The van der Waals surface area contributed by atoms with Crippen LogP contribution in [0.2, 0.25) is 0 Å². The summed E-state index contributed by atoms with van der Waals surface area (Å²) in [6.07, 6.45) is 15.3. The van der Waals surface area contributed by atoms with Gasteiger partial charge in [-0.1, -0.05) is 50.1 Å². The van der Waals surface area contributed by atoms with Gasteiger partial charge in [-0.15, -0.1) is 0 Å². The third kappa shape index (κ3) is 4.10. The van der Waals surface area contributed by atoms with Gasteiger partial charge in [-0.3, -0.25) is 0 Å². The molecular weight excluding hydrogens is 294 g/mol. The highest BCUT2D eigenvalue weighted by molar-refractivity contribution is 5.37. The number of aliphatic hydroxyl groups is 1. The molecule has 0 heterocycles. The second-order valence-corrected chi connectivity index (χ2v) is 8.06. The Morgan fingerprint density at radius 1 is 1.29 bits per heavy atom. The number of hydrogen-bond acceptors (Lipinski definition) is 2. The van der Waals surface area contributed by atoms with Crippen molar-refractivity contribution in [2.45, 2.75) is 76.2 Å². The molecule has 24 heavy (non-hydrogen) atoms. The number of aliphatic hydroxyl groups excluding tert-OH is 1. The van der Waals surface area contributed by atoms with E-state index in [4.69, 9.17) is 5.73 Å². The molecule has 2 aliphatic rings. The van der Waals surface area contributed by atoms with Crippen LogP contribution in [-0.4, -0.2) is 17.3 Å². The minimum absolute atomic E-state index is 0.112. The van der Waals surface area contributed by atoms with Gasteiger partial charge in [0, 0.05) is 5.54 Å². The number of allylic oxidation sites excluding steroid dienone is 2. The number of aryl methyl sites for hydroxylation is 1. The average molecular weight is 328 g/mol. The Morgan fingerprint density at radius 3 is 2.92 bits per heavy atom. The molecule has 3 N–H and O–H groups in total. The van der Waals surface area contributed by atoms with Crippen LogP contribution in [0.5, 0.6) is 0 Å². The molecule has 0 unspecified atom stereocenters. The van der Waals surface area contributed by atoms with E-state index in [0.29, 0.717) is 5.92 Å². The lowest BCUT2D eigenvalue weighted by Crippen LogP contribution is -2.40. The van der Waals surface area contributed by atoms with Crippen molar-refractivity contribution in [2.24, 2.45) is 11.7 Å². The van der Waals surface area contributed by atoms with Crippen molar-refractivity contribution in [3.8, 4) is 0 Å². The molecule has 1 aromatic carbocycles. The van der Waals surface area contributed by atoms with Crippen LogP contribution >= 0.6 is 0 Å². The summed E-state index contributed by atoms with van der Waals surface area (Å²) in [7, 11) is 0. The summed E-state index contributed by atoms with van der Waals surface area (Å²) in [4.78, 5) is 0. The van der Waals surface area contributed by atoms with Crippen molar-refractivity contribution >= 4 is 0 Å². The van der Waals surface area contributed by atoms with Gasteiger partial charge in [0.1, 0.15) is 0 Å². The topological polar surface area (TPSA) is 46.2 Å². The Labute approximate surface area is 147 Å². The smallest absolute Gasteiger partial charge is 0.0611 e. The summed E-state index contributed by atoms with van der Waals surface area (Å²) in [6.45, 7) is 2.36. The van der Waals surface area contributed by atoms with E-state index >= 15 is 0 Å². The zero-order valence-electron chi connectivity index (χ0n) is 15.1. The fourth-order valence-corrected chi connectivity index (χ4v) is 4.42. The first-order valence-corrected chi connectivity index (χ1v) is 9.81. The predicted molar refractivity (Wildman–Crippen MR) is 101 cm³/mol. The molecule has 0 radical (unpaired) electrons. The average Bonchev–Trinajstić information content (AvgIpc) is 3.01. The minimum atomic E-state index is -0.352. The molecule has 0 aliphatic heterocycles. The van der Waals surface area contributed by atoms with E-state index in [1.807, 2.05) is 0 Å². The highest BCUT2D eigenvalue weighted by atomic mass is 16.3. The third-order valence-corrected chi connectivity index (χ3v) is 6.06. The first-order valence-electron chi connectivity index (χ1n) is 9.81. The van der Waals surface area contributed by atoms with Crippen LogP contribution in [0.3, 0.4) is 0 Å². The molecule has 1 saturated carbocycles. The van der Waals surface area contributed by atoms with Crippen LogP contribution in [0.15, 0.2) is 30.4 Å². The van der Waals surface area contributed by atoms with Gasteiger partial charge in [-0.2, -0.15) is 0 Å². The van der Waals surface area contributed by atoms with E-state index in [1.165, 1.54) is 49.7 Å². The zero-order valence-corrected chi connectivity index (χ0v) is 15.1. The Morgan fingerprint density at radius 2 is 2.17 bits per heavy atom. The van der Waals surface area contributed by atoms with E-state index in [9.17, 15) is 5.11 Å². The van der Waals surface area contributed by atoms with Crippen LogP contribution in [0.4, 0.5) is 0 Å². The van der Waals surface area contributed by atoms with Crippen LogP contribution in [0.25, 0.3) is 0 Å². The molecule has 2 nitrogen and oxygen atoms in total. The summed E-state index contributed by atoms with van der Waals surface area (Å²) in [5.74, 6) is 1.25. The number of nitrogens with two attached hydrogens (primary N) is 1. The van der Waals surface area contributed by atoms with Crippen molar-refractivity contribution in [2.75, 3.05) is 6.61 Å². The Bertz CT molecular complexity index is 579. The van der Waals surface area contributed by atoms with Gasteiger partial charge in [0.05, 0.1) is 6.61 Å². The highest BCUT2D eigenvalue weighted by Crippen LogP contribution is 2.40. The fraction of sp³-hybridized carbons (Fsp3) is 0.636. The van der Waals surface area contributed by atoms with Gasteiger partial charge in [0.25, 0.3) is 0 Å². The van der Waals surface area contributed by atoms with Crippen LogP contribution < -0.4 is 5.73 Å². The molecule has 3 atom stereocenters. The van der Waals surface area contributed by atoms with E-state index in [-0.39, 0.29) is 12.1 Å². The normalized spacial score (nSPS) is 30.0. The zero-order chi connectivity index (χ0) is 17.0. The van der Waals surface area contributed by atoms with Crippen molar-refractivity contribution in [3.63, 3.8) is 0 Å². The first-order chi connectivity index (χ1) is 11.6. The number of fused-ring (bicyclic) bond motifs is 1. The molecule has 1 aromatic rings. The molecule has 0 bridgehead atoms. The summed E-state index contributed by atoms with van der Waals surface area (Å²) < 4.78 is 0. The lowest BCUT2D eigenvalue weighted by atomic mass is 9.81. The van der Waals surface area contributed by atoms with Crippen molar-refractivity contribution < 1.29 is 5.11 Å². The lowest BCUT2D eigenvalue weighted by molar-refractivity contribution is 0.198. The monoisotopic (exact) mass is 327 g/mol. The first kappa shape index (κ1) is 17.7. The van der Waals surface area contributed by atoms with Crippen molar-refractivity contribution in [1.29, 1.82) is 0 Å². The third-order valence-electron chi connectivity index (χ3n) is 6.06. The lowest BCUT2D eigenvalue weighted by Gasteiger charge is -2.25. The molecule has 2 heteroatoms. The Hall–Kier alpha value is -1.12. The Kier molecular flexibility index (Phi) is 5.78. The van der Waals surface area contributed by atoms with E-state index in [0.717, 1.165) is 25.2 Å².